The Morgan fingerprint density at radius 2 is 2.31 bits per heavy atom. The molecule has 1 aromatic rings. The number of halogens is 1. The minimum Gasteiger partial charge on any atom is -0.275 e. The molecule has 2 rings (SSSR count). The minimum atomic E-state index is 0.672. The molecule has 2 nitrogen and oxygen atoms in total. The van der Waals surface area contributed by atoms with Crippen molar-refractivity contribution < 1.29 is 0 Å². The van der Waals surface area contributed by atoms with Crippen molar-refractivity contribution in [1.82, 2.24) is 0 Å². The van der Waals surface area contributed by atoms with E-state index < -0.39 is 0 Å². The highest BCUT2D eigenvalue weighted by molar-refractivity contribution is 9.10. The summed E-state index contributed by atoms with van der Waals surface area (Å²) < 4.78 is 1.04. The quantitative estimate of drug-likeness (QED) is 0.646. The van der Waals surface area contributed by atoms with Crippen LogP contribution in [-0.4, -0.2) is 6.54 Å². The third-order valence-electron chi connectivity index (χ3n) is 1.99. The number of rotatable bonds is 0. The van der Waals surface area contributed by atoms with Crippen LogP contribution in [0.3, 0.4) is 0 Å². The smallest absolute Gasteiger partial charge is 0.184 e. The third-order valence-corrected chi connectivity index (χ3v) is 2.48. The highest BCUT2D eigenvalue weighted by Gasteiger charge is 2.11. The van der Waals surface area contributed by atoms with E-state index in [0.717, 1.165) is 15.7 Å². The first-order valence-corrected chi connectivity index (χ1v) is 4.74. The summed E-state index contributed by atoms with van der Waals surface area (Å²) in [6.45, 7) is 0.672. The second-order valence-electron chi connectivity index (χ2n) is 2.82. The first-order chi connectivity index (χ1) is 6.31. The largest absolute Gasteiger partial charge is 0.275 e. The zero-order valence-corrected chi connectivity index (χ0v) is 8.45. The fourth-order valence-corrected chi connectivity index (χ4v) is 1.76. The molecule has 3 heteroatoms. The second kappa shape index (κ2) is 3.23. The van der Waals surface area contributed by atoms with Crippen LogP contribution >= 0.6 is 15.9 Å². The van der Waals surface area contributed by atoms with Crippen molar-refractivity contribution in [2.75, 3.05) is 11.4 Å². The summed E-state index contributed by atoms with van der Waals surface area (Å²) in [6.07, 6.45) is 6.17. The van der Waals surface area contributed by atoms with Crippen molar-refractivity contribution in [3.63, 3.8) is 0 Å². The summed E-state index contributed by atoms with van der Waals surface area (Å²) in [4.78, 5) is 1.67. The average molecular weight is 235 g/mol. The summed E-state index contributed by atoms with van der Waals surface area (Å²) >= 11 is 3.40. The maximum Gasteiger partial charge on any atom is 0.184 e. The third kappa shape index (κ3) is 1.45. The maximum atomic E-state index is 8.84. The molecule has 64 valence electrons. The van der Waals surface area contributed by atoms with Crippen LogP contribution in [0.1, 0.15) is 5.56 Å². The number of hydrogen-bond acceptors (Lipinski definition) is 2. The summed E-state index contributed by atoms with van der Waals surface area (Å²) in [5, 5.41) is 8.84. The average Bonchev–Trinajstić information content (AvgIpc) is 2.16. The predicted molar refractivity (Wildman–Crippen MR) is 56.1 cm³/mol. The van der Waals surface area contributed by atoms with Gasteiger partial charge in [-0.1, -0.05) is 28.1 Å². The van der Waals surface area contributed by atoms with Gasteiger partial charge in [-0.05, 0) is 23.8 Å². The van der Waals surface area contributed by atoms with Gasteiger partial charge in [0.2, 0.25) is 0 Å². The van der Waals surface area contributed by atoms with Crippen molar-refractivity contribution in [2.45, 2.75) is 0 Å². The molecule has 1 aliphatic rings. The monoisotopic (exact) mass is 234 g/mol. The van der Waals surface area contributed by atoms with Gasteiger partial charge in [-0.2, -0.15) is 5.26 Å². The van der Waals surface area contributed by atoms with Gasteiger partial charge in [-0.25, -0.2) is 0 Å². The predicted octanol–water partition coefficient (Wildman–Crippen LogP) is 2.76. The standard InChI is InChI=1S/C10H7BrN2/c11-9-3-4-10-8(6-9)2-1-5-13(10)7-12/h1-4,6H,5H2. The van der Waals surface area contributed by atoms with Crippen LogP contribution in [0.25, 0.3) is 6.08 Å². The lowest BCUT2D eigenvalue weighted by Crippen LogP contribution is -2.19. The van der Waals surface area contributed by atoms with Crippen LogP contribution in [-0.2, 0) is 0 Å². The molecule has 1 heterocycles. The molecular formula is C10H7BrN2. The molecular weight excluding hydrogens is 228 g/mol. The van der Waals surface area contributed by atoms with Gasteiger partial charge in [0, 0.05) is 4.47 Å². The van der Waals surface area contributed by atoms with Crippen LogP contribution in [0.5, 0.6) is 0 Å². The zero-order valence-electron chi connectivity index (χ0n) is 6.87. The molecule has 1 aromatic carbocycles. The van der Waals surface area contributed by atoms with E-state index in [4.69, 9.17) is 5.26 Å². The van der Waals surface area contributed by atoms with E-state index >= 15 is 0 Å². The molecule has 0 N–H and O–H groups in total. The topological polar surface area (TPSA) is 27.0 Å². The molecule has 0 spiro atoms. The fraction of sp³-hybridized carbons (Fsp3) is 0.100. The molecule has 1 aliphatic heterocycles. The van der Waals surface area contributed by atoms with Gasteiger partial charge in [-0.15, -0.1) is 0 Å². The lowest BCUT2D eigenvalue weighted by atomic mass is 10.1. The number of nitrogens with zero attached hydrogens (tertiary/aromatic N) is 2. The Labute approximate surface area is 85.2 Å². The highest BCUT2D eigenvalue weighted by atomic mass is 79.9. The molecule has 0 bridgehead atoms. The number of nitriles is 1. The Kier molecular flexibility index (Phi) is 2.07. The lowest BCUT2D eigenvalue weighted by molar-refractivity contribution is 1.08. The van der Waals surface area contributed by atoms with Crippen molar-refractivity contribution in [2.24, 2.45) is 0 Å². The van der Waals surface area contributed by atoms with Crippen LogP contribution in [0.4, 0.5) is 5.69 Å². The van der Waals surface area contributed by atoms with Crippen molar-refractivity contribution in [3.05, 3.63) is 34.3 Å². The van der Waals surface area contributed by atoms with E-state index in [9.17, 15) is 0 Å². The van der Waals surface area contributed by atoms with Gasteiger partial charge < -0.3 is 0 Å². The molecule has 13 heavy (non-hydrogen) atoms. The van der Waals surface area contributed by atoms with Gasteiger partial charge in [0.1, 0.15) is 0 Å². The van der Waals surface area contributed by atoms with E-state index in [-0.39, 0.29) is 0 Å². The van der Waals surface area contributed by atoms with Gasteiger partial charge >= 0.3 is 0 Å². The van der Waals surface area contributed by atoms with Crippen molar-refractivity contribution in [3.8, 4) is 6.19 Å². The summed E-state index contributed by atoms with van der Waals surface area (Å²) in [5.41, 5.74) is 2.07. The second-order valence-corrected chi connectivity index (χ2v) is 3.73. The number of benzene rings is 1. The molecule has 0 saturated heterocycles. The normalized spacial score (nSPS) is 13.7. The van der Waals surface area contributed by atoms with Crippen LogP contribution in [0.15, 0.2) is 28.7 Å². The van der Waals surface area contributed by atoms with Crippen molar-refractivity contribution >= 4 is 27.7 Å². The van der Waals surface area contributed by atoms with Crippen LogP contribution in [0, 0.1) is 11.5 Å². The van der Waals surface area contributed by atoms with E-state index in [1.165, 1.54) is 0 Å². The summed E-state index contributed by atoms with van der Waals surface area (Å²) in [6, 6.07) is 5.91. The highest BCUT2D eigenvalue weighted by Crippen LogP contribution is 2.27. The maximum absolute atomic E-state index is 8.84. The van der Waals surface area contributed by atoms with E-state index in [0.29, 0.717) is 6.54 Å². The summed E-state index contributed by atoms with van der Waals surface area (Å²) in [7, 11) is 0. The molecule has 0 saturated carbocycles. The summed E-state index contributed by atoms with van der Waals surface area (Å²) in [5.74, 6) is 0. The van der Waals surface area contributed by atoms with Gasteiger partial charge in [0.05, 0.1) is 12.2 Å². The molecule has 0 unspecified atom stereocenters. The van der Waals surface area contributed by atoms with Gasteiger partial charge in [0.25, 0.3) is 0 Å². The first kappa shape index (κ1) is 8.33. The Morgan fingerprint density at radius 1 is 1.46 bits per heavy atom. The zero-order chi connectivity index (χ0) is 9.26. The van der Waals surface area contributed by atoms with E-state index in [1.54, 1.807) is 4.90 Å². The van der Waals surface area contributed by atoms with Gasteiger partial charge in [-0.3, -0.25) is 4.90 Å². The number of hydrogen-bond donors (Lipinski definition) is 0. The SMILES string of the molecule is N#CN1CC=Cc2cc(Br)ccc21. The first-order valence-electron chi connectivity index (χ1n) is 3.94. The molecule has 0 aliphatic carbocycles. The van der Waals surface area contributed by atoms with Crippen LogP contribution in [0.2, 0.25) is 0 Å². The molecule has 0 radical (unpaired) electrons. The van der Waals surface area contributed by atoms with Crippen LogP contribution < -0.4 is 4.90 Å². The minimum absolute atomic E-state index is 0.672. The Hall–Kier alpha value is -1.27. The molecule has 0 atom stereocenters. The fourth-order valence-electron chi connectivity index (χ4n) is 1.38. The molecule has 0 aromatic heterocycles. The Bertz CT molecular complexity index is 404. The molecule has 0 fully saturated rings. The lowest BCUT2D eigenvalue weighted by Gasteiger charge is -2.20. The van der Waals surface area contributed by atoms with Crippen molar-refractivity contribution in [1.29, 1.82) is 5.26 Å². The Balaban J connectivity index is 2.55. The number of anilines is 1. The van der Waals surface area contributed by atoms with E-state index in [2.05, 4.69) is 22.1 Å². The Morgan fingerprint density at radius 3 is 3.08 bits per heavy atom. The van der Waals surface area contributed by atoms with E-state index in [1.807, 2.05) is 30.4 Å². The number of fused-ring (bicyclic) bond motifs is 1. The molecule has 0 amide bonds. The van der Waals surface area contributed by atoms with Gasteiger partial charge in [0.15, 0.2) is 6.19 Å².